The summed E-state index contributed by atoms with van der Waals surface area (Å²) < 4.78 is 6.36. The molecule has 1 amide bonds. The monoisotopic (exact) mass is 362 g/mol. The predicted molar refractivity (Wildman–Crippen MR) is 93.9 cm³/mol. The lowest BCUT2D eigenvalue weighted by Gasteiger charge is -2.15. The van der Waals surface area contributed by atoms with E-state index >= 15 is 0 Å². The summed E-state index contributed by atoms with van der Waals surface area (Å²) in [5, 5.41) is 4.22. The van der Waals surface area contributed by atoms with Gasteiger partial charge in [-0.2, -0.15) is 0 Å². The van der Waals surface area contributed by atoms with Gasteiger partial charge in [0.25, 0.3) is 5.91 Å². The predicted octanol–water partition coefficient (Wildman–Crippen LogP) is 1.99. The number of para-hydroxylation sites is 1. The molecule has 0 saturated carbocycles. The fourth-order valence-corrected chi connectivity index (χ4v) is 2.88. The zero-order chi connectivity index (χ0) is 18.6. The number of ketones is 1. The maximum Gasteiger partial charge on any atom is 0.326 e. The van der Waals surface area contributed by atoms with Crippen molar-refractivity contribution in [1.29, 1.82) is 0 Å². The first kappa shape index (κ1) is 18.6. The fraction of sp³-hybridized carbons (Fsp3) is 0.294. The third-order valence-electron chi connectivity index (χ3n) is 3.51. The second-order valence-corrected chi connectivity index (χ2v) is 6.27. The number of ether oxygens (including phenoxy) is 1. The van der Waals surface area contributed by atoms with E-state index in [1.807, 2.05) is 0 Å². The number of aryl methyl sites for hydroxylation is 1. The molecule has 0 fully saturated rings. The maximum absolute atomic E-state index is 12.2. The van der Waals surface area contributed by atoms with Gasteiger partial charge in [-0.1, -0.05) is 23.5 Å². The van der Waals surface area contributed by atoms with Crippen molar-refractivity contribution in [3.05, 3.63) is 50.6 Å². The largest absolute Gasteiger partial charge is 0.451 e. The Bertz CT molecular complexity index is 868. The maximum atomic E-state index is 12.2. The third-order valence-corrected chi connectivity index (χ3v) is 4.39. The standard InChI is InChI=1S/C17H18N2O5S/c1-10-9-25-17(23)19(10)8-15(21)24-12(3)16(22)18-14-7-5-4-6-13(14)11(2)20/h4-7,9,12H,8H2,1-3H3,(H,18,22)/t12-/m0/s1. The van der Waals surface area contributed by atoms with Crippen LogP contribution in [-0.2, 0) is 20.9 Å². The van der Waals surface area contributed by atoms with Gasteiger partial charge in [0, 0.05) is 16.6 Å². The normalized spacial score (nSPS) is 11.6. The first-order chi connectivity index (χ1) is 11.8. The van der Waals surface area contributed by atoms with Crippen LogP contribution in [0.1, 0.15) is 29.9 Å². The third kappa shape index (κ3) is 4.63. The van der Waals surface area contributed by atoms with Gasteiger partial charge in [-0.25, -0.2) is 0 Å². The van der Waals surface area contributed by atoms with Gasteiger partial charge in [0.15, 0.2) is 11.9 Å². The van der Waals surface area contributed by atoms with Crippen LogP contribution in [0.3, 0.4) is 0 Å². The molecule has 1 aromatic carbocycles. The van der Waals surface area contributed by atoms with Crippen molar-refractivity contribution in [1.82, 2.24) is 4.57 Å². The van der Waals surface area contributed by atoms with Crippen molar-refractivity contribution < 1.29 is 19.1 Å². The minimum Gasteiger partial charge on any atom is -0.451 e. The number of aromatic nitrogens is 1. The smallest absolute Gasteiger partial charge is 0.326 e. The first-order valence-electron chi connectivity index (χ1n) is 7.55. The molecule has 0 aliphatic heterocycles. The Balaban J connectivity index is 2.00. The molecule has 0 bridgehead atoms. The highest BCUT2D eigenvalue weighted by Crippen LogP contribution is 2.16. The topological polar surface area (TPSA) is 94.5 Å². The van der Waals surface area contributed by atoms with Crippen molar-refractivity contribution in [3.8, 4) is 0 Å². The summed E-state index contributed by atoms with van der Waals surface area (Å²) in [6.07, 6.45) is -1.07. The number of carbonyl (C=O) groups is 3. The Kier molecular flexibility index (Phi) is 5.87. The molecule has 132 valence electrons. The van der Waals surface area contributed by atoms with E-state index in [4.69, 9.17) is 4.74 Å². The van der Waals surface area contributed by atoms with Crippen LogP contribution in [-0.4, -0.2) is 28.3 Å². The number of esters is 1. The Morgan fingerprint density at radius 1 is 1.28 bits per heavy atom. The van der Waals surface area contributed by atoms with Crippen LogP contribution in [0.15, 0.2) is 34.4 Å². The van der Waals surface area contributed by atoms with Gasteiger partial charge in [-0.05, 0) is 32.9 Å². The highest BCUT2D eigenvalue weighted by molar-refractivity contribution is 7.07. The average Bonchev–Trinajstić information content (AvgIpc) is 2.87. The van der Waals surface area contributed by atoms with Gasteiger partial charge in [0.05, 0.1) is 5.69 Å². The molecule has 0 spiro atoms. The van der Waals surface area contributed by atoms with Crippen molar-refractivity contribution in [3.63, 3.8) is 0 Å². The van der Waals surface area contributed by atoms with Gasteiger partial charge in [0.1, 0.15) is 6.54 Å². The van der Waals surface area contributed by atoms with Crippen LogP contribution in [0.25, 0.3) is 0 Å². The number of hydrogen-bond acceptors (Lipinski definition) is 6. The molecule has 1 aromatic heterocycles. The number of Topliss-reactive ketones (excluding diaryl/α,β-unsaturated/α-hetero) is 1. The molecule has 0 aliphatic rings. The lowest BCUT2D eigenvalue weighted by molar-refractivity contribution is -0.153. The first-order valence-corrected chi connectivity index (χ1v) is 8.42. The summed E-state index contributed by atoms with van der Waals surface area (Å²) in [6.45, 7) is 4.28. The molecule has 0 aliphatic carbocycles. The Labute approximate surface area is 148 Å². The highest BCUT2D eigenvalue weighted by atomic mass is 32.1. The van der Waals surface area contributed by atoms with Gasteiger partial charge in [0.2, 0.25) is 0 Å². The molecule has 8 heteroatoms. The number of amides is 1. The number of nitrogens with zero attached hydrogens (tertiary/aromatic N) is 1. The van der Waals surface area contributed by atoms with E-state index in [9.17, 15) is 19.2 Å². The fourth-order valence-electron chi connectivity index (χ4n) is 2.15. The molecule has 1 N–H and O–H groups in total. The molecule has 25 heavy (non-hydrogen) atoms. The zero-order valence-electron chi connectivity index (χ0n) is 14.1. The molecule has 0 unspecified atom stereocenters. The number of rotatable bonds is 6. The molecule has 7 nitrogen and oxygen atoms in total. The van der Waals surface area contributed by atoms with E-state index < -0.39 is 18.0 Å². The summed E-state index contributed by atoms with van der Waals surface area (Å²) in [4.78, 5) is 47.0. The number of thiazole rings is 1. The van der Waals surface area contributed by atoms with Crippen LogP contribution in [0, 0.1) is 6.92 Å². The minimum absolute atomic E-state index is 0.187. The van der Waals surface area contributed by atoms with Crippen molar-refractivity contribution in [2.75, 3.05) is 5.32 Å². The van der Waals surface area contributed by atoms with E-state index in [1.54, 1.807) is 36.6 Å². The Hall–Kier alpha value is -2.74. The molecule has 0 radical (unpaired) electrons. The summed E-state index contributed by atoms with van der Waals surface area (Å²) in [5.41, 5.74) is 1.38. The second-order valence-electron chi connectivity index (χ2n) is 5.45. The lowest BCUT2D eigenvalue weighted by Crippen LogP contribution is -2.32. The number of hydrogen-bond donors (Lipinski definition) is 1. The van der Waals surface area contributed by atoms with Gasteiger partial charge in [-0.3, -0.25) is 23.7 Å². The van der Waals surface area contributed by atoms with Crippen molar-refractivity contribution in [2.24, 2.45) is 0 Å². The van der Waals surface area contributed by atoms with Crippen LogP contribution in [0.5, 0.6) is 0 Å². The molecule has 2 aromatic rings. The number of nitrogens with one attached hydrogen (secondary N) is 1. The SMILES string of the molecule is CC(=O)c1ccccc1NC(=O)[C@H](C)OC(=O)Cn1c(C)csc1=O. The Morgan fingerprint density at radius 2 is 1.96 bits per heavy atom. The highest BCUT2D eigenvalue weighted by Gasteiger charge is 2.20. The van der Waals surface area contributed by atoms with Crippen LogP contribution in [0.4, 0.5) is 5.69 Å². The number of benzene rings is 1. The van der Waals surface area contributed by atoms with E-state index in [2.05, 4.69) is 5.32 Å². The molecule has 1 atom stereocenters. The average molecular weight is 362 g/mol. The van der Waals surface area contributed by atoms with Gasteiger partial charge in [-0.15, -0.1) is 0 Å². The minimum atomic E-state index is -1.07. The summed E-state index contributed by atoms with van der Waals surface area (Å²) in [7, 11) is 0. The van der Waals surface area contributed by atoms with E-state index in [0.29, 0.717) is 16.9 Å². The lowest BCUT2D eigenvalue weighted by atomic mass is 10.1. The molecule has 1 heterocycles. The van der Waals surface area contributed by atoms with E-state index in [0.717, 1.165) is 11.3 Å². The molecular weight excluding hydrogens is 344 g/mol. The second kappa shape index (κ2) is 7.89. The van der Waals surface area contributed by atoms with Crippen LogP contribution >= 0.6 is 11.3 Å². The number of anilines is 1. The molecule has 2 rings (SSSR count). The van der Waals surface area contributed by atoms with Crippen LogP contribution < -0.4 is 10.2 Å². The number of carbonyl (C=O) groups excluding carboxylic acids is 3. The Morgan fingerprint density at radius 3 is 2.56 bits per heavy atom. The van der Waals surface area contributed by atoms with Crippen molar-refractivity contribution >= 4 is 34.7 Å². The van der Waals surface area contributed by atoms with E-state index in [1.165, 1.54) is 18.4 Å². The summed E-state index contributed by atoms with van der Waals surface area (Å²) >= 11 is 0.993. The molecular formula is C17H18N2O5S. The van der Waals surface area contributed by atoms with E-state index in [-0.39, 0.29) is 17.2 Å². The van der Waals surface area contributed by atoms with Crippen LogP contribution in [0.2, 0.25) is 0 Å². The molecule has 0 saturated heterocycles. The quantitative estimate of drug-likeness (QED) is 0.626. The van der Waals surface area contributed by atoms with Gasteiger partial charge < -0.3 is 10.1 Å². The van der Waals surface area contributed by atoms with Crippen molar-refractivity contribution in [2.45, 2.75) is 33.4 Å². The summed E-state index contributed by atoms with van der Waals surface area (Å²) in [6, 6.07) is 6.57. The zero-order valence-corrected chi connectivity index (χ0v) is 14.9. The van der Waals surface area contributed by atoms with Gasteiger partial charge >= 0.3 is 10.8 Å². The summed E-state index contributed by atoms with van der Waals surface area (Å²) in [5.74, 6) is -1.43.